The zero-order valence-electron chi connectivity index (χ0n) is 9.61. The smallest absolute Gasteiger partial charge is 0.0839 e. The van der Waals surface area contributed by atoms with Crippen LogP contribution in [0.25, 0.3) is 0 Å². The summed E-state index contributed by atoms with van der Waals surface area (Å²) >= 11 is 12.2. The summed E-state index contributed by atoms with van der Waals surface area (Å²) < 4.78 is 1.76. The van der Waals surface area contributed by atoms with Gasteiger partial charge in [0.15, 0.2) is 0 Å². The Kier molecular flexibility index (Phi) is 3.72. The van der Waals surface area contributed by atoms with Crippen molar-refractivity contribution in [3.63, 3.8) is 0 Å². The van der Waals surface area contributed by atoms with E-state index in [-0.39, 0.29) is 6.04 Å². The van der Waals surface area contributed by atoms with E-state index in [4.69, 9.17) is 23.2 Å². The number of aryl methyl sites for hydroxylation is 1. The fraction of sp³-hybridized carbons (Fsp3) is 0.250. The highest BCUT2D eigenvalue weighted by molar-refractivity contribution is 6.33. The largest absolute Gasteiger partial charge is 0.308 e. The van der Waals surface area contributed by atoms with E-state index in [1.54, 1.807) is 16.8 Å². The van der Waals surface area contributed by atoms with E-state index in [1.807, 2.05) is 32.4 Å². The molecule has 17 heavy (non-hydrogen) atoms. The van der Waals surface area contributed by atoms with Gasteiger partial charge in [-0.25, -0.2) is 0 Å². The highest BCUT2D eigenvalue weighted by Gasteiger charge is 2.17. The van der Waals surface area contributed by atoms with Crippen LogP contribution in [-0.2, 0) is 7.05 Å². The molecule has 2 rings (SSSR count). The topological polar surface area (TPSA) is 29.9 Å². The maximum Gasteiger partial charge on any atom is 0.0839 e. The van der Waals surface area contributed by atoms with Crippen LogP contribution in [0.15, 0.2) is 30.5 Å². The Balaban J connectivity index is 2.45. The van der Waals surface area contributed by atoms with Gasteiger partial charge >= 0.3 is 0 Å². The third kappa shape index (κ3) is 2.63. The first-order valence-corrected chi connectivity index (χ1v) is 5.99. The van der Waals surface area contributed by atoms with E-state index in [1.165, 1.54) is 0 Å². The van der Waals surface area contributed by atoms with E-state index in [9.17, 15) is 0 Å². The van der Waals surface area contributed by atoms with Crippen molar-refractivity contribution in [3.05, 3.63) is 51.8 Å². The molecule has 1 unspecified atom stereocenters. The molecule has 0 spiro atoms. The number of halogens is 2. The molecule has 90 valence electrons. The minimum atomic E-state index is -0.0533. The Hall–Kier alpha value is -1.03. The zero-order valence-corrected chi connectivity index (χ0v) is 11.1. The molecule has 0 aliphatic heterocycles. The van der Waals surface area contributed by atoms with Gasteiger partial charge in [0.05, 0.1) is 11.7 Å². The normalized spacial score (nSPS) is 12.7. The van der Waals surface area contributed by atoms with Gasteiger partial charge in [0.25, 0.3) is 0 Å². The number of nitrogens with zero attached hydrogens (tertiary/aromatic N) is 2. The zero-order chi connectivity index (χ0) is 12.4. The van der Waals surface area contributed by atoms with Crippen LogP contribution in [0.4, 0.5) is 0 Å². The second-order valence-electron chi connectivity index (χ2n) is 3.80. The molecule has 3 nitrogen and oxygen atoms in total. The van der Waals surface area contributed by atoms with Crippen molar-refractivity contribution >= 4 is 23.2 Å². The van der Waals surface area contributed by atoms with Crippen LogP contribution in [0.3, 0.4) is 0 Å². The van der Waals surface area contributed by atoms with Gasteiger partial charge in [-0.1, -0.05) is 23.2 Å². The first kappa shape index (κ1) is 12.4. The third-order valence-corrected chi connectivity index (χ3v) is 3.17. The van der Waals surface area contributed by atoms with Crippen LogP contribution < -0.4 is 5.32 Å². The molecule has 0 fully saturated rings. The quantitative estimate of drug-likeness (QED) is 0.929. The van der Waals surface area contributed by atoms with Crippen molar-refractivity contribution in [2.24, 2.45) is 7.05 Å². The van der Waals surface area contributed by atoms with Crippen LogP contribution in [0.2, 0.25) is 10.0 Å². The number of hydrogen-bond donors (Lipinski definition) is 1. The van der Waals surface area contributed by atoms with Gasteiger partial charge < -0.3 is 5.32 Å². The summed E-state index contributed by atoms with van der Waals surface area (Å²) in [4.78, 5) is 0. The second-order valence-corrected chi connectivity index (χ2v) is 4.65. The Bertz CT molecular complexity index is 522. The highest BCUT2D eigenvalue weighted by Crippen LogP contribution is 2.29. The SMILES string of the molecule is CNC(c1ccn(C)n1)c1cc(Cl)ccc1Cl. The molecule has 0 amide bonds. The lowest BCUT2D eigenvalue weighted by atomic mass is 10.0. The minimum absolute atomic E-state index is 0.0533. The second kappa shape index (κ2) is 5.08. The summed E-state index contributed by atoms with van der Waals surface area (Å²) in [6, 6.07) is 7.34. The van der Waals surface area contributed by atoms with Gasteiger partial charge in [-0.05, 0) is 36.9 Å². The predicted molar refractivity (Wildman–Crippen MR) is 70.6 cm³/mol. The van der Waals surface area contributed by atoms with Crippen LogP contribution in [0, 0.1) is 0 Å². The Morgan fingerprint density at radius 1 is 1.29 bits per heavy atom. The average Bonchev–Trinajstić information content (AvgIpc) is 2.71. The number of hydrogen-bond acceptors (Lipinski definition) is 2. The van der Waals surface area contributed by atoms with E-state index in [2.05, 4.69) is 10.4 Å². The molecular weight excluding hydrogens is 257 g/mol. The lowest BCUT2D eigenvalue weighted by Gasteiger charge is -2.16. The monoisotopic (exact) mass is 269 g/mol. The Morgan fingerprint density at radius 3 is 2.65 bits per heavy atom. The number of aromatic nitrogens is 2. The molecule has 5 heteroatoms. The van der Waals surface area contributed by atoms with Crippen molar-refractivity contribution in [1.82, 2.24) is 15.1 Å². The number of benzene rings is 1. The van der Waals surface area contributed by atoms with Crippen molar-refractivity contribution in [2.45, 2.75) is 6.04 Å². The van der Waals surface area contributed by atoms with Crippen LogP contribution in [-0.4, -0.2) is 16.8 Å². The minimum Gasteiger partial charge on any atom is -0.308 e. The van der Waals surface area contributed by atoms with Crippen molar-refractivity contribution in [1.29, 1.82) is 0 Å². The summed E-state index contributed by atoms with van der Waals surface area (Å²) in [6.45, 7) is 0. The lowest BCUT2D eigenvalue weighted by molar-refractivity contribution is 0.642. The Morgan fingerprint density at radius 2 is 2.06 bits per heavy atom. The predicted octanol–water partition coefficient (Wildman–Crippen LogP) is 3.04. The van der Waals surface area contributed by atoms with Gasteiger partial charge in [-0.15, -0.1) is 0 Å². The maximum absolute atomic E-state index is 6.19. The van der Waals surface area contributed by atoms with Gasteiger partial charge in [-0.2, -0.15) is 5.10 Å². The van der Waals surface area contributed by atoms with Gasteiger partial charge in [-0.3, -0.25) is 4.68 Å². The molecule has 1 heterocycles. The molecule has 2 aromatic rings. The van der Waals surface area contributed by atoms with E-state index >= 15 is 0 Å². The lowest BCUT2D eigenvalue weighted by Crippen LogP contribution is -2.18. The molecule has 1 atom stereocenters. The molecule has 0 radical (unpaired) electrons. The van der Waals surface area contributed by atoms with Crippen LogP contribution >= 0.6 is 23.2 Å². The fourth-order valence-corrected chi connectivity index (χ4v) is 2.19. The number of rotatable bonds is 3. The maximum atomic E-state index is 6.19. The van der Waals surface area contributed by atoms with E-state index < -0.39 is 0 Å². The van der Waals surface area contributed by atoms with Gasteiger partial charge in [0, 0.05) is 23.3 Å². The van der Waals surface area contributed by atoms with Crippen molar-refractivity contribution in [3.8, 4) is 0 Å². The summed E-state index contributed by atoms with van der Waals surface area (Å²) in [7, 11) is 3.76. The summed E-state index contributed by atoms with van der Waals surface area (Å²) in [5, 5.41) is 8.93. The number of nitrogens with one attached hydrogen (secondary N) is 1. The van der Waals surface area contributed by atoms with Gasteiger partial charge in [0.2, 0.25) is 0 Å². The first-order chi connectivity index (χ1) is 8.11. The molecule has 0 aliphatic rings. The first-order valence-electron chi connectivity index (χ1n) is 5.23. The standard InChI is InChI=1S/C12H13Cl2N3/c1-15-12(11-5-6-17(2)16-11)9-7-8(13)3-4-10(9)14/h3-7,12,15H,1-2H3. The molecule has 1 N–H and O–H groups in total. The average molecular weight is 270 g/mol. The third-order valence-electron chi connectivity index (χ3n) is 2.59. The van der Waals surface area contributed by atoms with Crippen molar-refractivity contribution < 1.29 is 0 Å². The molecule has 1 aromatic carbocycles. The molecule has 1 aromatic heterocycles. The molecular formula is C12H13Cl2N3. The fourth-order valence-electron chi connectivity index (χ4n) is 1.79. The summed E-state index contributed by atoms with van der Waals surface area (Å²) in [5.41, 5.74) is 1.85. The highest BCUT2D eigenvalue weighted by atomic mass is 35.5. The molecule has 0 saturated heterocycles. The summed E-state index contributed by atoms with van der Waals surface area (Å²) in [5.74, 6) is 0. The van der Waals surface area contributed by atoms with Crippen LogP contribution in [0.1, 0.15) is 17.3 Å². The van der Waals surface area contributed by atoms with E-state index in [0.717, 1.165) is 11.3 Å². The van der Waals surface area contributed by atoms with E-state index in [0.29, 0.717) is 10.0 Å². The van der Waals surface area contributed by atoms with Gasteiger partial charge in [0.1, 0.15) is 0 Å². The molecule has 0 aliphatic carbocycles. The Labute approximate surface area is 110 Å². The van der Waals surface area contributed by atoms with Crippen LogP contribution in [0.5, 0.6) is 0 Å². The summed E-state index contributed by atoms with van der Waals surface area (Å²) in [6.07, 6.45) is 1.90. The van der Waals surface area contributed by atoms with Crippen molar-refractivity contribution in [2.75, 3.05) is 7.05 Å². The molecule has 0 bridgehead atoms. The molecule has 0 saturated carbocycles.